The Kier molecular flexibility index (Phi) is 13.1. The number of carbonyl (C=O) groups excluding carboxylic acids is 9. The number of imide groups is 2. The molecule has 2 atom stereocenters. The van der Waals surface area contributed by atoms with E-state index in [0.29, 0.717) is 10.2 Å². The van der Waals surface area contributed by atoms with Crippen molar-refractivity contribution in [2.45, 2.75) is 44.6 Å². The summed E-state index contributed by atoms with van der Waals surface area (Å²) in [5.74, 6) is -3.96. The zero-order chi connectivity index (χ0) is 30.5. The zero-order valence-corrected chi connectivity index (χ0v) is 25.2. The van der Waals surface area contributed by atoms with Crippen LogP contribution in [0.3, 0.4) is 0 Å². The number of amides is 9. The molecule has 0 aromatic heterocycles. The van der Waals surface area contributed by atoms with E-state index in [2.05, 4.69) is 26.6 Å². The number of hydrogen-bond acceptors (Lipinski definition) is 9. The molecule has 5 N–H and O–H groups in total. The van der Waals surface area contributed by atoms with Gasteiger partial charge in [-0.05, 0) is 6.42 Å². The molecular weight excluding hydrogens is 558 g/mol. The van der Waals surface area contributed by atoms with Gasteiger partial charge in [0.1, 0.15) is 0 Å². The second-order valence-electron chi connectivity index (χ2n) is 9.86. The molecule has 0 aromatic rings. The normalized spacial score (nSPS) is 18.5. The summed E-state index contributed by atoms with van der Waals surface area (Å²) in [6.45, 7) is 0.846. The van der Waals surface area contributed by atoms with Gasteiger partial charge in [-0.15, -0.1) is 0 Å². The molecule has 2 rings (SSSR count). The molecule has 9 amide bonds. The number of carbonyl (C=O) groups is 9. The highest BCUT2D eigenvalue weighted by atomic mass is 28.1. The summed E-state index contributed by atoms with van der Waals surface area (Å²) in [6.07, 6.45) is 0.619. The number of hydrogen-bond donors (Lipinski definition) is 5. The number of rotatable bonds is 16. The van der Waals surface area contributed by atoms with Crippen LogP contribution in [-0.4, -0.2) is 119 Å². The molecule has 16 nitrogen and oxygen atoms in total. The quantitative estimate of drug-likeness (QED) is 0.0851. The van der Waals surface area contributed by atoms with Crippen molar-refractivity contribution in [1.82, 2.24) is 36.4 Å². The third-order valence-electron chi connectivity index (χ3n) is 6.39. The van der Waals surface area contributed by atoms with Crippen LogP contribution < -0.4 is 26.6 Å². The number of nitrogens with one attached hydrogen (secondary N) is 5. The first-order valence-electron chi connectivity index (χ1n) is 13.4. The summed E-state index contributed by atoms with van der Waals surface area (Å²) < 4.78 is 0. The first-order valence-corrected chi connectivity index (χ1v) is 14.6. The third kappa shape index (κ3) is 11.1. The van der Waals surface area contributed by atoms with E-state index in [1.54, 1.807) is 6.92 Å². The second kappa shape index (κ2) is 16.2. The Bertz CT molecular complexity index is 1080. The summed E-state index contributed by atoms with van der Waals surface area (Å²) in [6, 6.07) is 0. The standard InChI is InChI=1S/C24H37N7O9Si/c1-14-9-21(37)30(23(14)39)7-2-3-16(32)27-12-19(35)29-13-20(36)28-11-18(34)25-5-4-17(33)26-6-8-31-22(38)10-15(41)24(31)40/h14-15H,2-13H2,1,41H3,(H,25,34)(H,26,33)(H,27,32)(H,28,36)(H,29,35). The van der Waals surface area contributed by atoms with Gasteiger partial charge < -0.3 is 26.6 Å². The molecule has 2 heterocycles. The Morgan fingerprint density at radius 2 is 1.15 bits per heavy atom. The van der Waals surface area contributed by atoms with Crippen LogP contribution in [0.25, 0.3) is 0 Å². The van der Waals surface area contributed by atoms with Crippen molar-refractivity contribution in [2.24, 2.45) is 5.92 Å². The number of nitrogens with zero attached hydrogens (tertiary/aromatic N) is 2. The molecule has 2 aliphatic rings. The molecule has 0 aromatic carbocycles. The number of likely N-dealkylation sites (tertiary alicyclic amines) is 2. The molecule has 2 aliphatic heterocycles. The van der Waals surface area contributed by atoms with Crippen LogP contribution in [0.1, 0.15) is 39.0 Å². The van der Waals surface area contributed by atoms with Gasteiger partial charge in [-0.1, -0.05) is 6.92 Å². The fraction of sp³-hybridized carbons (Fsp3) is 0.625. The molecule has 0 radical (unpaired) electrons. The minimum atomic E-state index is -0.644. The Balaban J connectivity index is 1.47. The molecule has 226 valence electrons. The van der Waals surface area contributed by atoms with Gasteiger partial charge >= 0.3 is 0 Å². The molecule has 0 bridgehead atoms. The minimum absolute atomic E-state index is 0.00491. The largest absolute Gasteiger partial charge is 0.354 e. The molecule has 2 unspecified atom stereocenters. The van der Waals surface area contributed by atoms with E-state index < -0.39 is 30.2 Å². The SMILES string of the molecule is CC1CC(=O)N(CCCC(=O)NCC(=O)NCC(=O)NCC(=O)NCCC(=O)NCCN2C(=O)CC([SiH3])C2=O)C1=O. The van der Waals surface area contributed by atoms with E-state index in [4.69, 9.17) is 0 Å². The van der Waals surface area contributed by atoms with Gasteiger partial charge in [-0.25, -0.2) is 0 Å². The van der Waals surface area contributed by atoms with Crippen LogP contribution in [0.2, 0.25) is 5.54 Å². The molecular formula is C24H37N7O9Si. The first kappa shape index (κ1) is 33.1. The highest BCUT2D eigenvalue weighted by Gasteiger charge is 2.35. The van der Waals surface area contributed by atoms with Crippen LogP contribution in [0.5, 0.6) is 0 Å². The Morgan fingerprint density at radius 1 is 0.659 bits per heavy atom. The van der Waals surface area contributed by atoms with Gasteiger partial charge in [0.05, 0.1) is 19.6 Å². The maximum atomic E-state index is 11.9. The predicted molar refractivity (Wildman–Crippen MR) is 144 cm³/mol. The lowest BCUT2D eigenvalue weighted by Gasteiger charge is -2.14. The van der Waals surface area contributed by atoms with Crippen LogP contribution in [0.4, 0.5) is 0 Å². The Labute approximate surface area is 239 Å². The maximum Gasteiger partial charge on any atom is 0.239 e. The van der Waals surface area contributed by atoms with E-state index in [9.17, 15) is 43.2 Å². The lowest BCUT2D eigenvalue weighted by atomic mass is 10.1. The molecule has 2 fully saturated rings. The average Bonchev–Trinajstić information content (AvgIpc) is 3.31. The summed E-state index contributed by atoms with van der Waals surface area (Å²) in [7, 11) is 0.601. The van der Waals surface area contributed by atoms with E-state index in [1.165, 1.54) is 0 Å². The molecule has 0 saturated carbocycles. The lowest BCUT2D eigenvalue weighted by molar-refractivity contribution is -0.140. The van der Waals surface area contributed by atoms with Gasteiger partial charge in [0.25, 0.3) is 0 Å². The molecule has 2 saturated heterocycles. The van der Waals surface area contributed by atoms with Crippen molar-refractivity contribution in [3.05, 3.63) is 0 Å². The van der Waals surface area contributed by atoms with E-state index >= 15 is 0 Å². The van der Waals surface area contributed by atoms with Crippen molar-refractivity contribution in [2.75, 3.05) is 45.8 Å². The minimum Gasteiger partial charge on any atom is -0.354 e. The Morgan fingerprint density at radius 3 is 1.68 bits per heavy atom. The third-order valence-corrected chi connectivity index (χ3v) is 7.30. The van der Waals surface area contributed by atoms with Gasteiger partial charge in [0, 0.05) is 73.6 Å². The van der Waals surface area contributed by atoms with Gasteiger partial charge in [-0.3, -0.25) is 53.0 Å². The van der Waals surface area contributed by atoms with Crippen molar-refractivity contribution >= 4 is 63.4 Å². The molecule has 0 spiro atoms. The molecule has 0 aliphatic carbocycles. The van der Waals surface area contributed by atoms with Gasteiger partial charge in [0.2, 0.25) is 53.2 Å². The van der Waals surface area contributed by atoms with Crippen LogP contribution >= 0.6 is 0 Å². The summed E-state index contributed by atoms with van der Waals surface area (Å²) >= 11 is 0. The van der Waals surface area contributed by atoms with Crippen molar-refractivity contribution in [3.63, 3.8) is 0 Å². The fourth-order valence-electron chi connectivity index (χ4n) is 4.09. The van der Waals surface area contributed by atoms with Crippen LogP contribution in [0.15, 0.2) is 0 Å². The topological polar surface area (TPSA) is 220 Å². The fourth-order valence-corrected chi connectivity index (χ4v) is 4.75. The van der Waals surface area contributed by atoms with Crippen molar-refractivity contribution in [1.29, 1.82) is 0 Å². The van der Waals surface area contributed by atoms with Crippen molar-refractivity contribution in [3.8, 4) is 0 Å². The van der Waals surface area contributed by atoms with Crippen molar-refractivity contribution < 1.29 is 43.2 Å². The zero-order valence-electron chi connectivity index (χ0n) is 23.2. The highest BCUT2D eigenvalue weighted by Crippen LogP contribution is 2.20. The predicted octanol–water partition coefficient (Wildman–Crippen LogP) is -4.95. The average molecular weight is 596 g/mol. The van der Waals surface area contributed by atoms with E-state index in [-0.39, 0.29) is 112 Å². The van der Waals surface area contributed by atoms with Gasteiger partial charge in [0.15, 0.2) is 0 Å². The van der Waals surface area contributed by atoms with E-state index in [1.807, 2.05) is 0 Å². The molecule has 17 heteroatoms. The first-order chi connectivity index (χ1) is 19.4. The maximum absolute atomic E-state index is 11.9. The van der Waals surface area contributed by atoms with Crippen LogP contribution in [-0.2, 0) is 43.2 Å². The van der Waals surface area contributed by atoms with E-state index in [0.717, 1.165) is 9.80 Å². The monoisotopic (exact) mass is 595 g/mol. The van der Waals surface area contributed by atoms with Gasteiger partial charge in [-0.2, -0.15) is 0 Å². The smallest absolute Gasteiger partial charge is 0.239 e. The van der Waals surface area contributed by atoms with Crippen LogP contribution in [0, 0.1) is 5.92 Å². The Hall–Kier alpha value is -4.15. The molecule has 41 heavy (non-hydrogen) atoms. The summed E-state index contributed by atoms with van der Waals surface area (Å²) in [4.78, 5) is 109. The highest BCUT2D eigenvalue weighted by molar-refractivity contribution is 6.29. The lowest BCUT2D eigenvalue weighted by Crippen LogP contribution is -2.44. The summed E-state index contributed by atoms with van der Waals surface area (Å²) in [5, 5.41) is 12.0. The summed E-state index contributed by atoms with van der Waals surface area (Å²) in [5.41, 5.74) is -0.215. The second-order valence-corrected chi connectivity index (χ2v) is 11.3.